The first-order valence-electron chi connectivity index (χ1n) is 5.56. The van der Waals surface area contributed by atoms with Crippen molar-refractivity contribution in [1.29, 1.82) is 0 Å². The third-order valence-electron chi connectivity index (χ3n) is 2.38. The van der Waals surface area contributed by atoms with E-state index < -0.39 is 0 Å². The molecular formula is C11H22O3. The monoisotopic (exact) mass is 202 g/mol. The maximum absolute atomic E-state index is 9.46. The average Bonchev–Trinajstić information content (AvgIpc) is 2.12. The Bertz CT molecular complexity index is 159. The zero-order chi connectivity index (χ0) is 10.6. The highest BCUT2D eigenvalue weighted by Crippen LogP contribution is 2.27. The first-order chi connectivity index (χ1) is 6.65. The van der Waals surface area contributed by atoms with Crippen molar-refractivity contribution in [2.75, 3.05) is 13.2 Å². The fraction of sp³-hybridized carbons (Fsp3) is 1.00. The second kappa shape index (κ2) is 5.69. The summed E-state index contributed by atoms with van der Waals surface area (Å²) >= 11 is 0. The normalized spacial score (nSPS) is 31.9. The molecule has 0 aromatic rings. The van der Waals surface area contributed by atoms with Crippen molar-refractivity contribution < 1.29 is 14.6 Å². The lowest BCUT2D eigenvalue weighted by molar-refractivity contribution is -0.194. The molecule has 84 valence electrons. The molecule has 1 N–H and O–H groups in total. The quantitative estimate of drug-likeness (QED) is 0.711. The summed E-state index contributed by atoms with van der Waals surface area (Å²) in [7, 11) is 0. The number of aliphatic hydroxyl groups excluding tert-OH is 1. The van der Waals surface area contributed by atoms with E-state index >= 15 is 0 Å². The molecule has 1 aliphatic carbocycles. The van der Waals surface area contributed by atoms with Crippen LogP contribution in [0.1, 0.15) is 33.6 Å². The van der Waals surface area contributed by atoms with Gasteiger partial charge in [0, 0.05) is 19.6 Å². The minimum atomic E-state index is -0.321. The molecule has 3 unspecified atom stereocenters. The largest absolute Gasteiger partial charge is 0.390 e. The van der Waals surface area contributed by atoms with Gasteiger partial charge in [-0.3, -0.25) is 0 Å². The predicted octanol–water partition coefficient (Wildman–Crippen LogP) is 1.59. The third kappa shape index (κ3) is 3.23. The second-order valence-electron chi connectivity index (χ2n) is 4.40. The van der Waals surface area contributed by atoms with Gasteiger partial charge in [-0.1, -0.05) is 20.8 Å². The van der Waals surface area contributed by atoms with Crippen LogP contribution >= 0.6 is 0 Å². The fourth-order valence-electron chi connectivity index (χ4n) is 1.51. The van der Waals surface area contributed by atoms with Crippen molar-refractivity contribution in [1.82, 2.24) is 0 Å². The summed E-state index contributed by atoms with van der Waals surface area (Å²) in [5.41, 5.74) is 0. The smallest absolute Gasteiger partial charge is 0.110 e. The summed E-state index contributed by atoms with van der Waals surface area (Å²) in [5, 5.41) is 9.46. The highest BCUT2D eigenvalue weighted by molar-refractivity contribution is 4.92. The Labute approximate surface area is 86.4 Å². The third-order valence-corrected chi connectivity index (χ3v) is 2.38. The van der Waals surface area contributed by atoms with E-state index in [4.69, 9.17) is 9.47 Å². The maximum atomic E-state index is 9.46. The summed E-state index contributed by atoms with van der Waals surface area (Å²) in [6, 6.07) is 0. The van der Waals surface area contributed by atoms with Crippen molar-refractivity contribution in [3.05, 3.63) is 0 Å². The van der Waals surface area contributed by atoms with Crippen molar-refractivity contribution in [3.8, 4) is 0 Å². The van der Waals surface area contributed by atoms with Gasteiger partial charge in [-0.05, 0) is 12.3 Å². The van der Waals surface area contributed by atoms with E-state index in [0.29, 0.717) is 12.5 Å². The van der Waals surface area contributed by atoms with E-state index in [1.807, 2.05) is 0 Å². The van der Waals surface area contributed by atoms with Crippen LogP contribution in [-0.2, 0) is 9.47 Å². The predicted molar refractivity (Wildman–Crippen MR) is 55.2 cm³/mol. The van der Waals surface area contributed by atoms with Crippen LogP contribution in [0, 0.1) is 5.92 Å². The summed E-state index contributed by atoms with van der Waals surface area (Å²) in [6.45, 7) is 7.77. The molecule has 14 heavy (non-hydrogen) atoms. The molecule has 0 radical (unpaired) electrons. The van der Waals surface area contributed by atoms with Gasteiger partial charge in [0.2, 0.25) is 0 Å². The van der Waals surface area contributed by atoms with Crippen LogP contribution in [0.2, 0.25) is 0 Å². The Balaban J connectivity index is 2.19. The van der Waals surface area contributed by atoms with Gasteiger partial charge in [0.15, 0.2) is 0 Å². The number of rotatable bonds is 6. The van der Waals surface area contributed by atoms with Gasteiger partial charge >= 0.3 is 0 Å². The van der Waals surface area contributed by atoms with Gasteiger partial charge in [-0.15, -0.1) is 0 Å². The molecule has 0 spiro atoms. The second-order valence-corrected chi connectivity index (χ2v) is 4.40. The standard InChI is InChI=1S/C11H22O3/c1-4-5-13-11-9(12)6-10(11)14-7-8(2)3/h8-12H,4-7H2,1-3H3. The first kappa shape index (κ1) is 12.0. The lowest BCUT2D eigenvalue weighted by Gasteiger charge is -2.41. The van der Waals surface area contributed by atoms with Gasteiger partial charge in [-0.25, -0.2) is 0 Å². The van der Waals surface area contributed by atoms with E-state index in [1.54, 1.807) is 0 Å². The van der Waals surface area contributed by atoms with Gasteiger partial charge < -0.3 is 14.6 Å². The first-order valence-corrected chi connectivity index (χ1v) is 5.56. The Kier molecular flexibility index (Phi) is 4.85. The van der Waals surface area contributed by atoms with Crippen molar-refractivity contribution in [2.45, 2.75) is 51.9 Å². The minimum Gasteiger partial charge on any atom is -0.390 e. The van der Waals surface area contributed by atoms with Gasteiger partial charge in [0.1, 0.15) is 6.10 Å². The fourth-order valence-corrected chi connectivity index (χ4v) is 1.51. The van der Waals surface area contributed by atoms with E-state index in [2.05, 4.69) is 20.8 Å². The van der Waals surface area contributed by atoms with E-state index in [-0.39, 0.29) is 18.3 Å². The molecule has 0 aliphatic heterocycles. The molecule has 3 atom stereocenters. The van der Waals surface area contributed by atoms with Crippen LogP contribution in [0.25, 0.3) is 0 Å². The highest BCUT2D eigenvalue weighted by atomic mass is 16.6. The lowest BCUT2D eigenvalue weighted by atomic mass is 9.88. The van der Waals surface area contributed by atoms with Crippen LogP contribution in [0.4, 0.5) is 0 Å². The van der Waals surface area contributed by atoms with Crippen molar-refractivity contribution in [3.63, 3.8) is 0 Å². The molecule has 3 heteroatoms. The molecule has 1 aliphatic rings. The molecule has 1 fully saturated rings. The number of hydrogen-bond acceptors (Lipinski definition) is 3. The zero-order valence-corrected chi connectivity index (χ0v) is 9.40. The zero-order valence-electron chi connectivity index (χ0n) is 9.40. The van der Waals surface area contributed by atoms with E-state index in [9.17, 15) is 5.11 Å². The molecule has 1 saturated carbocycles. The van der Waals surface area contributed by atoms with Gasteiger partial charge in [0.25, 0.3) is 0 Å². The Morgan fingerprint density at radius 2 is 2.07 bits per heavy atom. The molecule has 1 rings (SSSR count). The van der Waals surface area contributed by atoms with Gasteiger partial charge in [-0.2, -0.15) is 0 Å². The number of aliphatic hydroxyl groups is 1. The maximum Gasteiger partial charge on any atom is 0.110 e. The number of ether oxygens (including phenoxy) is 2. The minimum absolute atomic E-state index is 0.0892. The Hall–Kier alpha value is -0.120. The van der Waals surface area contributed by atoms with Crippen molar-refractivity contribution >= 4 is 0 Å². The highest BCUT2D eigenvalue weighted by Gasteiger charge is 2.41. The van der Waals surface area contributed by atoms with Crippen LogP contribution in [0.5, 0.6) is 0 Å². The molecular weight excluding hydrogens is 180 g/mol. The molecule has 0 heterocycles. The summed E-state index contributed by atoms with van der Waals surface area (Å²) < 4.78 is 11.1. The van der Waals surface area contributed by atoms with Crippen LogP contribution in [-0.4, -0.2) is 36.6 Å². The Morgan fingerprint density at radius 3 is 2.57 bits per heavy atom. The van der Waals surface area contributed by atoms with Crippen molar-refractivity contribution in [2.24, 2.45) is 5.92 Å². The average molecular weight is 202 g/mol. The van der Waals surface area contributed by atoms with Crippen LogP contribution in [0.15, 0.2) is 0 Å². The molecule has 0 aromatic carbocycles. The van der Waals surface area contributed by atoms with Gasteiger partial charge in [0.05, 0.1) is 12.2 Å². The van der Waals surface area contributed by atoms with Crippen LogP contribution in [0.3, 0.4) is 0 Å². The Morgan fingerprint density at radius 1 is 1.36 bits per heavy atom. The molecule has 3 nitrogen and oxygen atoms in total. The molecule has 0 bridgehead atoms. The van der Waals surface area contributed by atoms with Crippen LogP contribution < -0.4 is 0 Å². The van der Waals surface area contributed by atoms with E-state index in [0.717, 1.165) is 19.4 Å². The lowest BCUT2D eigenvalue weighted by Crippen LogP contribution is -2.54. The SMILES string of the molecule is CCCOC1C(O)CC1OCC(C)C. The summed E-state index contributed by atoms with van der Waals surface area (Å²) in [6.07, 6.45) is 1.41. The number of hydrogen-bond donors (Lipinski definition) is 1. The van der Waals surface area contributed by atoms with E-state index in [1.165, 1.54) is 0 Å². The molecule has 0 amide bonds. The molecule has 0 saturated heterocycles. The topological polar surface area (TPSA) is 38.7 Å². The summed E-state index contributed by atoms with van der Waals surface area (Å²) in [4.78, 5) is 0. The summed E-state index contributed by atoms with van der Waals surface area (Å²) in [5.74, 6) is 0.541. The molecule has 0 aromatic heterocycles.